The van der Waals surface area contributed by atoms with E-state index in [1.807, 2.05) is 72.8 Å². The summed E-state index contributed by atoms with van der Waals surface area (Å²) >= 11 is 1.33. The molecule has 2 heterocycles. The van der Waals surface area contributed by atoms with Crippen LogP contribution in [0.25, 0.3) is 11.1 Å². The Morgan fingerprint density at radius 1 is 1.00 bits per heavy atom. The molecule has 0 bridgehead atoms. The van der Waals surface area contributed by atoms with Crippen LogP contribution in [0.1, 0.15) is 53.2 Å². The average molecular weight is 571 g/mol. The summed E-state index contributed by atoms with van der Waals surface area (Å²) < 4.78 is 5.81. The van der Waals surface area contributed by atoms with Crippen LogP contribution in [0.2, 0.25) is 0 Å². The van der Waals surface area contributed by atoms with Gasteiger partial charge in [-0.25, -0.2) is 10.5 Å². The highest BCUT2D eigenvalue weighted by atomic mass is 32.1. The number of nitrogens with one attached hydrogen (secondary N) is 2. The van der Waals surface area contributed by atoms with Crippen LogP contribution in [-0.2, 0) is 16.1 Å². The lowest BCUT2D eigenvalue weighted by Crippen LogP contribution is -2.37. The molecule has 0 fully saturated rings. The number of nitrogens with zero attached hydrogens (tertiary/aromatic N) is 2. The Morgan fingerprint density at radius 2 is 1.78 bits per heavy atom. The number of ether oxygens (including phenoxy) is 1. The molecule has 10 heteroatoms. The molecule has 0 spiro atoms. The van der Waals surface area contributed by atoms with Crippen molar-refractivity contribution in [3.8, 4) is 16.9 Å². The van der Waals surface area contributed by atoms with Gasteiger partial charge in [0, 0.05) is 30.1 Å². The minimum atomic E-state index is -0.799. The molecule has 0 aliphatic carbocycles. The molecule has 4 aromatic rings. The summed E-state index contributed by atoms with van der Waals surface area (Å²) in [6, 6.07) is 22.0. The predicted octanol–water partition coefficient (Wildman–Crippen LogP) is 5.59. The van der Waals surface area contributed by atoms with Crippen LogP contribution in [0.4, 0.5) is 5.13 Å². The molecular weight excluding hydrogens is 540 g/mol. The molecule has 1 aromatic heterocycles. The summed E-state index contributed by atoms with van der Waals surface area (Å²) in [5.74, 6) is -0.141. The third-order valence-corrected chi connectivity index (χ3v) is 7.60. The van der Waals surface area contributed by atoms with Gasteiger partial charge in [-0.05, 0) is 59.7 Å². The second-order valence-corrected chi connectivity index (χ2v) is 10.6. The molecule has 9 nitrogen and oxygen atoms in total. The summed E-state index contributed by atoms with van der Waals surface area (Å²) in [5, 5.41) is 13.7. The van der Waals surface area contributed by atoms with E-state index in [-0.39, 0.29) is 17.7 Å². The van der Waals surface area contributed by atoms with Crippen LogP contribution < -0.4 is 15.5 Å². The van der Waals surface area contributed by atoms with Gasteiger partial charge in [-0.3, -0.25) is 24.9 Å². The number of amides is 3. The Morgan fingerprint density at radius 3 is 2.51 bits per heavy atom. The number of hydrogen-bond donors (Lipinski definition) is 3. The molecule has 0 saturated carbocycles. The highest BCUT2D eigenvalue weighted by Gasteiger charge is 2.37. The van der Waals surface area contributed by atoms with Gasteiger partial charge in [0.2, 0.25) is 5.91 Å². The van der Waals surface area contributed by atoms with E-state index in [1.54, 1.807) is 22.0 Å². The molecule has 3 amide bonds. The van der Waals surface area contributed by atoms with E-state index >= 15 is 0 Å². The maximum Gasteiger partial charge on any atom is 0.255 e. The van der Waals surface area contributed by atoms with E-state index in [2.05, 4.69) is 10.3 Å². The van der Waals surface area contributed by atoms with Gasteiger partial charge >= 0.3 is 0 Å². The molecule has 1 atom stereocenters. The third-order valence-electron chi connectivity index (χ3n) is 6.91. The largest absolute Gasteiger partial charge is 0.494 e. The zero-order valence-electron chi connectivity index (χ0n) is 22.3. The van der Waals surface area contributed by atoms with Crippen molar-refractivity contribution in [1.82, 2.24) is 15.4 Å². The zero-order chi connectivity index (χ0) is 28.6. The fourth-order valence-electron chi connectivity index (χ4n) is 4.83. The highest BCUT2D eigenvalue weighted by molar-refractivity contribution is 7.13. The van der Waals surface area contributed by atoms with Crippen molar-refractivity contribution in [1.29, 1.82) is 0 Å². The van der Waals surface area contributed by atoms with E-state index in [9.17, 15) is 14.4 Å². The number of rotatable bonds is 12. The summed E-state index contributed by atoms with van der Waals surface area (Å²) in [5.41, 5.74) is 5.67. The zero-order valence-corrected chi connectivity index (χ0v) is 23.1. The summed E-state index contributed by atoms with van der Waals surface area (Å²) in [6.45, 7) is 0.860. The molecule has 5 rings (SSSR count). The second kappa shape index (κ2) is 13.2. The van der Waals surface area contributed by atoms with E-state index in [0.29, 0.717) is 36.7 Å². The first-order valence-corrected chi connectivity index (χ1v) is 14.3. The van der Waals surface area contributed by atoms with E-state index in [4.69, 9.17) is 9.94 Å². The normalized spacial score (nSPS) is 13.0. The molecule has 210 valence electrons. The van der Waals surface area contributed by atoms with Gasteiger partial charge in [-0.1, -0.05) is 54.6 Å². The summed E-state index contributed by atoms with van der Waals surface area (Å²) in [7, 11) is 0. The third kappa shape index (κ3) is 6.79. The van der Waals surface area contributed by atoms with Crippen LogP contribution >= 0.6 is 11.3 Å². The molecule has 0 saturated heterocycles. The van der Waals surface area contributed by atoms with Crippen molar-refractivity contribution in [2.75, 3.05) is 11.9 Å². The second-order valence-electron chi connectivity index (χ2n) is 9.66. The summed E-state index contributed by atoms with van der Waals surface area (Å²) in [6.07, 6.45) is 4.23. The van der Waals surface area contributed by atoms with Crippen molar-refractivity contribution in [3.05, 3.63) is 101 Å². The van der Waals surface area contributed by atoms with Crippen LogP contribution in [0.5, 0.6) is 5.75 Å². The monoisotopic (exact) mass is 570 g/mol. The molecule has 1 aliphatic rings. The van der Waals surface area contributed by atoms with Crippen LogP contribution in [0, 0.1) is 0 Å². The summed E-state index contributed by atoms with van der Waals surface area (Å²) in [4.78, 5) is 43.9. The molecule has 0 radical (unpaired) electrons. The van der Waals surface area contributed by atoms with Crippen LogP contribution in [0.3, 0.4) is 0 Å². The van der Waals surface area contributed by atoms with Crippen molar-refractivity contribution >= 4 is 34.2 Å². The Kier molecular flexibility index (Phi) is 9.02. The van der Waals surface area contributed by atoms with E-state index < -0.39 is 6.04 Å². The van der Waals surface area contributed by atoms with Gasteiger partial charge in [-0.15, -0.1) is 11.3 Å². The number of unbranched alkanes of at least 4 members (excludes halogenated alkanes) is 2. The van der Waals surface area contributed by atoms with Gasteiger partial charge in [0.1, 0.15) is 11.8 Å². The van der Waals surface area contributed by atoms with Gasteiger partial charge in [0.15, 0.2) is 5.13 Å². The first-order valence-electron chi connectivity index (χ1n) is 13.4. The number of fused-ring (bicyclic) bond motifs is 1. The first kappa shape index (κ1) is 28.0. The smallest absolute Gasteiger partial charge is 0.255 e. The van der Waals surface area contributed by atoms with Gasteiger partial charge in [0.05, 0.1) is 6.61 Å². The number of aromatic nitrogens is 1. The maximum absolute atomic E-state index is 13.7. The van der Waals surface area contributed by atoms with Crippen molar-refractivity contribution in [2.24, 2.45) is 0 Å². The lowest BCUT2D eigenvalue weighted by atomic mass is 10.0. The number of carbonyl (C=O) groups is 3. The Labute approximate surface area is 241 Å². The topological polar surface area (TPSA) is 121 Å². The molecule has 1 unspecified atom stereocenters. The Hall–Kier alpha value is -4.54. The van der Waals surface area contributed by atoms with Crippen molar-refractivity contribution in [3.63, 3.8) is 0 Å². The number of hydrogen-bond acceptors (Lipinski definition) is 7. The number of benzene rings is 3. The van der Waals surface area contributed by atoms with Gasteiger partial charge < -0.3 is 9.64 Å². The van der Waals surface area contributed by atoms with Gasteiger partial charge in [0.25, 0.3) is 11.8 Å². The lowest BCUT2D eigenvalue weighted by molar-refractivity contribution is -0.129. The SMILES string of the molecule is O=C(CCCCCOc1ccc(-c2ccc3c(c2)C(=O)N(C(C(=O)Nc2nccs2)c2ccccc2)C3)cc1)NO. The molecular formula is C31H30N4O5S. The quantitative estimate of drug-likeness (QED) is 0.116. The van der Waals surface area contributed by atoms with Gasteiger partial charge in [-0.2, -0.15) is 0 Å². The molecule has 3 N–H and O–H groups in total. The maximum atomic E-state index is 13.7. The van der Waals surface area contributed by atoms with Crippen LogP contribution in [-0.4, -0.2) is 39.4 Å². The minimum absolute atomic E-state index is 0.193. The molecule has 3 aromatic carbocycles. The van der Waals surface area contributed by atoms with E-state index in [0.717, 1.165) is 40.8 Å². The molecule has 41 heavy (non-hydrogen) atoms. The Bertz CT molecular complexity index is 1490. The number of thiazole rings is 1. The number of anilines is 1. The number of carbonyl (C=O) groups excluding carboxylic acids is 3. The Balaban J connectivity index is 1.25. The highest BCUT2D eigenvalue weighted by Crippen LogP contribution is 2.35. The first-order chi connectivity index (χ1) is 20.0. The van der Waals surface area contributed by atoms with Crippen molar-refractivity contribution < 1.29 is 24.3 Å². The lowest BCUT2D eigenvalue weighted by Gasteiger charge is -2.27. The van der Waals surface area contributed by atoms with Crippen molar-refractivity contribution in [2.45, 2.75) is 38.3 Å². The average Bonchev–Trinajstić information content (AvgIpc) is 3.63. The fraction of sp³-hybridized carbons (Fsp3) is 0.226. The predicted molar refractivity (Wildman–Crippen MR) is 156 cm³/mol. The van der Waals surface area contributed by atoms with Crippen LogP contribution in [0.15, 0.2) is 84.4 Å². The van der Waals surface area contributed by atoms with E-state index in [1.165, 1.54) is 11.3 Å². The standard InChI is InChI=1S/C31H30N4O5S/c36-27(34-39)9-5-2-6-17-40-25-14-12-21(13-15-25)23-10-11-24-20-35(30(38)26(24)19-23)28(22-7-3-1-4-8-22)29(37)33-31-32-16-18-41-31/h1,3-4,7-8,10-16,18-19,28,39H,2,5-6,9,17,20H2,(H,34,36)(H,32,33,37). The minimum Gasteiger partial charge on any atom is -0.494 e. The number of hydroxylamine groups is 1. The fourth-order valence-corrected chi connectivity index (χ4v) is 5.36. The molecule has 1 aliphatic heterocycles.